The highest BCUT2D eigenvalue weighted by Crippen LogP contribution is 2.29. The highest BCUT2D eigenvalue weighted by Gasteiger charge is 2.17. The minimum atomic E-state index is -1.70. The van der Waals surface area contributed by atoms with E-state index in [1.165, 1.54) is 6.07 Å². The molecule has 0 atom stereocenters. The summed E-state index contributed by atoms with van der Waals surface area (Å²) in [5.74, 6) is -3.44. The molecular weight excluding hydrogens is 350 g/mol. The van der Waals surface area contributed by atoms with Crippen LogP contribution < -0.4 is 0 Å². The summed E-state index contributed by atoms with van der Waals surface area (Å²) in [6.45, 7) is 0.471. The minimum Gasteiger partial charge on any atom is -0.507 e. The first-order valence-electron chi connectivity index (χ1n) is 8.08. The van der Waals surface area contributed by atoms with Crippen molar-refractivity contribution in [2.24, 2.45) is 0 Å². The van der Waals surface area contributed by atoms with Crippen LogP contribution >= 0.6 is 0 Å². The Labute approximate surface area is 154 Å². The Morgan fingerprint density at radius 1 is 1.04 bits per heavy atom. The van der Waals surface area contributed by atoms with Crippen LogP contribution in [0, 0.1) is 0 Å². The highest BCUT2D eigenvalue weighted by atomic mass is 16.5. The summed E-state index contributed by atoms with van der Waals surface area (Å²) in [6.07, 6.45) is 0.518. The van der Waals surface area contributed by atoms with Gasteiger partial charge in [0.15, 0.2) is 6.29 Å². The predicted octanol–water partition coefficient (Wildman–Crippen LogP) is 2.23. The fourth-order valence-corrected chi connectivity index (χ4v) is 2.85. The maximum atomic E-state index is 11.4. The van der Waals surface area contributed by atoms with Gasteiger partial charge in [-0.1, -0.05) is 36.4 Å². The van der Waals surface area contributed by atoms with Crippen LogP contribution in [0.4, 0.5) is 0 Å². The number of rotatable bonds is 6. The predicted molar refractivity (Wildman–Crippen MR) is 97.9 cm³/mol. The van der Waals surface area contributed by atoms with Crippen molar-refractivity contribution >= 4 is 28.4 Å². The monoisotopic (exact) mass is 367 g/mol. The van der Waals surface area contributed by atoms with Gasteiger partial charge in [0.2, 0.25) is 0 Å². The van der Waals surface area contributed by atoms with E-state index in [4.69, 9.17) is 5.11 Å². The van der Waals surface area contributed by atoms with Gasteiger partial charge in [-0.25, -0.2) is 4.79 Å². The highest BCUT2D eigenvalue weighted by molar-refractivity contribution is 6.38. The molecule has 1 aromatic heterocycles. The summed E-state index contributed by atoms with van der Waals surface area (Å²) >= 11 is 0. The van der Waals surface area contributed by atoms with Crippen molar-refractivity contribution in [2.75, 3.05) is 0 Å². The Morgan fingerprint density at radius 3 is 2.37 bits per heavy atom. The molecule has 2 aromatic carbocycles. The third-order valence-corrected chi connectivity index (χ3v) is 4.15. The Bertz CT molecular complexity index is 1030. The van der Waals surface area contributed by atoms with E-state index >= 15 is 0 Å². The molecule has 0 aliphatic heterocycles. The molecule has 0 saturated heterocycles. The Kier molecular flexibility index (Phi) is 5.07. The van der Waals surface area contributed by atoms with Gasteiger partial charge in [-0.3, -0.25) is 4.79 Å². The number of aliphatic hydroxyl groups is 3. The Balaban J connectivity index is 2.14. The van der Waals surface area contributed by atoms with Gasteiger partial charge in [-0.05, 0) is 17.7 Å². The number of fused-ring (bicyclic) bond motifs is 1. The van der Waals surface area contributed by atoms with E-state index in [1.54, 1.807) is 18.3 Å². The number of aliphatic carboxylic acids is 1. The van der Waals surface area contributed by atoms with E-state index in [1.807, 2.05) is 34.9 Å². The van der Waals surface area contributed by atoms with Crippen LogP contribution in [-0.2, 0) is 16.1 Å². The number of nitrogens with zero attached hydrogens (tertiary/aromatic N) is 1. The summed E-state index contributed by atoms with van der Waals surface area (Å²) in [6, 6.07) is 14.2. The maximum Gasteiger partial charge on any atom is 0.376 e. The second-order valence-corrected chi connectivity index (χ2v) is 6.01. The van der Waals surface area contributed by atoms with Crippen LogP contribution in [0.3, 0.4) is 0 Å². The molecule has 0 aliphatic carbocycles. The SMILES string of the molecule is O=C(O)C(=O)/C=C(\O)c1cn(Cc2ccccc2)c2ccc(C(O)O)cc12. The zero-order valence-corrected chi connectivity index (χ0v) is 14.1. The fourth-order valence-electron chi connectivity index (χ4n) is 2.85. The molecule has 7 nitrogen and oxygen atoms in total. The number of hydrogen-bond acceptors (Lipinski definition) is 5. The van der Waals surface area contributed by atoms with Crippen molar-refractivity contribution in [3.63, 3.8) is 0 Å². The third kappa shape index (κ3) is 3.89. The van der Waals surface area contributed by atoms with Crippen LogP contribution in [0.1, 0.15) is 23.0 Å². The van der Waals surface area contributed by atoms with E-state index in [-0.39, 0.29) is 11.1 Å². The normalized spacial score (nSPS) is 11.9. The van der Waals surface area contributed by atoms with Crippen molar-refractivity contribution < 1.29 is 30.0 Å². The zero-order chi connectivity index (χ0) is 19.6. The average molecular weight is 367 g/mol. The number of benzene rings is 2. The summed E-state index contributed by atoms with van der Waals surface area (Å²) in [7, 11) is 0. The van der Waals surface area contributed by atoms with E-state index in [0.29, 0.717) is 23.5 Å². The van der Waals surface area contributed by atoms with Gasteiger partial charge < -0.3 is 25.0 Å². The maximum absolute atomic E-state index is 11.4. The summed E-state index contributed by atoms with van der Waals surface area (Å²) in [5.41, 5.74) is 2.11. The van der Waals surface area contributed by atoms with E-state index < -0.39 is 23.8 Å². The lowest BCUT2D eigenvalue weighted by atomic mass is 10.1. The topological polar surface area (TPSA) is 120 Å². The zero-order valence-electron chi connectivity index (χ0n) is 14.1. The molecule has 4 N–H and O–H groups in total. The van der Waals surface area contributed by atoms with Gasteiger partial charge in [0, 0.05) is 40.8 Å². The molecule has 7 heteroatoms. The minimum absolute atomic E-state index is 0.207. The fraction of sp³-hybridized carbons (Fsp3) is 0.100. The standard InChI is InChI=1S/C20H17NO6/c22-17(9-18(23)20(26)27)15-11-21(10-12-4-2-1-3-5-12)16-7-6-13(19(24)25)8-14(15)16/h1-9,11,19,22,24-25H,10H2,(H,26,27)/b17-9-. The molecule has 0 radical (unpaired) electrons. The Hall–Kier alpha value is -3.42. The van der Waals surface area contributed by atoms with Crippen molar-refractivity contribution in [1.82, 2.24) is 4.57 Å². The third-order valence-electron chi connectivity index (χ3n) is 4.15. The molecule has 3 rings (SSSR count). The van der Waals surface area contributed by atoms with Crippen molar-refractivity contribution in [2.45, 2.75) is 12.8 Å². The number of hydrogen-bond donors (Lipinski definition) is 4. The lowest BCUT2D eigenvalue weighted by Crippen LogP contribution is -2.09. The second-order valence-electron chi connectivity index (χ2n) is 6.01. The first kappa shape index (κ1) is 18.4. The van der Waals surface area contributed by atoms with Gasteiger partial charge in [-0.2, -0.15) is 0 Å². The smallest absolute Gasteiger partial charge is 0.376 e. The van der Waals surface area contributed by atoms with Crippen molar-refractivity contribution in [1.29, 1.82) is 0 Å². The molecule has 0 spiro atoms. The van der Waals surface area contributed by atoms with Gasteiger partial charge >= 0.3 is 5.97 Å². The summed E-state index contributed by atoms with van der Waals surface area (Å²) < 4.78 is 1.82. The van der Waals surface area contributed by atoms with Crippen molar-refractivity contribution in [3.8, 4) is 0 Å². The molecular formula is C20H17NO6. The molecule has 0 bridgehead atoms. The van der Waals surface area contributed by atoms with Crippen LogP contribution in [0.15, 0.2) is 60.8 Å². The van der Waals surface area contributed by atoms with Crippen LogP contribution in [0.5, 0.6) is 0 Å². The van der Waals surface area contributed by atoms with Crippen LogP contribution in [-0.4, -0.2) is 36.7 Å². The van der Waals surface area contributed by atoms with E-state index in [2.05, 4.69) is 0 Å². The lowest BCUT2D eigenvalue weighted by Gasteiger charge is -2.07. The Morgan fingerprint density at radius 2 is 1.74 bits per heavy atom. The number of aromatic nitrogens is 1. The molecule has 0 fully saturated rings. The molecule has 0 aliphatic rings. The van der Waals surface area contributed by atoms with Crippen LogP contribution in [0.25, 0.3) is 16.7 Å². The van der Waals surface area contributed by atoms with Gasteiger partial charge in [0.05, 0.1) is 0 Å². The second kappa shape index (κ2) is 7.45. The van der Waals surface area contributed by atoms with Gasteiger partial charge in [0.1, 0.15) is 5.76 Å². The number of carbonyl (C=O) groups is 2. The summed E-state index contributed by atoms with van der Waals surface area (Å²) in [5, 5.41) is 38.3. The van der Waals surface area contributed by atoms with Gasteiger partial charge in [0.25, 0.3) is 5.78 Å². The molecule has 27 heavy (non-hydrogen) atoms. The van der Waals surface area contributed by atoms with Crippen molar-refractivity contribution in [3.05, 3.63) is 77.5 Å². The van der Waals surface area contributed by atoms with Crippen LogP contribution in [0.2, 0.25) is 0 Å². The molecule has 1 heterocycles. The summed E-state index contributed by atoms with van der Waals surface area (Å²) in [4.78, 5) is 22.2. The first-order chi connectivity index (χ1) is 12.9. The van der Waals surface area contributed by atoms with Gasteiger partial charge in [-0.15, -0.1) is 0 Å². The quantitative estimate of drug-likeness (QED) is 0.229. The molecule has 138 valence electrons. The molecule has 0 unspecified atom stereocenters. The number of carbonyl (C=O) groups excluding carboxylic acids is 1. The molecule has 0 amide bonds. The number of carboxylic acid groups (broad SMARTS) is 1. The number of ketones is 1. The van der Waals surface area contributed by atoms with E-state index in [9.17, 15) is 24.9 Å². The largest absolute Gasteiger partial charge is 0.507 e. The van der Waals surface area contributed by atoms with E-state index in [0.717, 1.165) is 5.56 Å². The molecule has 0 saturated carbocycles. The average Bonchev–Trinajstić information content (AvgIpc) is 3.00. The number of aliphatic hydroxyl groups excluding tert-OH is 2. The first-order valence-corrected chi connectivity index (χ1v) is 8.08. The molecule has 3 aromatic rings. The number of carboxylic acids is 1. The lowest BCUT2D eigenvalue weighted by molar-refractivity contribution is -0.146.